The van der Waals surface area contributed by atoms with E-state index in [1.54, 1.807) is 25.1 Å². The molecule has 0 bridgehead atoms. The molecule has 2 aromatic carbocycles. The molecule has 0 saturated carbocycles. The average molecular weight is 414 g/mol. The first-order valence-corrected chi connectivity index (χ1v) is 10.2. The fourth-order valence-corrected chi connectivity index (χ4v) is 3.48. The van der Waals surface area contributed by atoms with Gasteiger partial charge in [-0.05, 0) is 62.0 Å². The highest BCUT2D eigenvalue weighted by Crippen LogP contribution is 2.20. The minimum Gasteiger partial charge on any atom is -0.462 e. The summed E-state index contributed by atoms with van der Waals surface area (Å²) in [6.07, 6.45) is 0. The number of nitrogens with one attached hydrogen (secondary N) is 2. The molecule has 1 saturated heterocycles. The van der Waals surface area contributed by atoms with Crippen LogP contribution in [0.3, 0.4) is 0 Å². The van der Waals surface area contributed by atoms with Gasteiger partial charge in [0.1, 0.15) is 0 Å². The number of carbonyl (C=O) groups excluding carboxylic acids is 1. The van der Waals surface area contributed by atoms with Crippen molar-refractivity contribution in [2.24, 2.45) is 0 Å². The molecule has 1 aliphatic heterocycles. The van der Waals surface area contributed by atoms with Crippen LogP contribution in [0.15, 0.2) is 48.5 Å². The molecule has 1 atom stereocenters. The average Bonchev–Trinajstić information content (AvgIpc) is 2.75. The number of hydrogen-bond donors (Lipinski definition) is 2. The first kappa shape index (κ1) is 21.1. The Hall–Kier alpha value is -2.64. The van der Waals surface area contributed by atoms with Gasteiger partial charge < -0.3 is 25.0 Å². The van der Waals surface area contributed by atoms with E-state index in [9.17, 15) is 4.79 Å². The predicted molar refractivity (Wildman–Crippen MR) is 120 cm³/mol. The number of hydrogen-bond acceptors (Lipinski definition) is 5. The second kappa shape index (κ2) is 10.2. The van der Waals surface area contributed by atoms with Gasteiger partial charge in [-0.2, -0.15) is 0 Å². The molecule has 1 aliphatic rings. The summed E-state index contributed by atoms with van der Waals surface area (Å²) < 4.78 is 10.4. The Morgan fingerprint density at radius 1 is 1.21 bits per heavy atom. The van der Waals surface area contributed by atoms with Crippen LogP contribution in [0.1, 0.15) is 35.8 Å². The molecule has 0 aromatic heterocycles. The Balaban J connectivity index is 1.56. The Morgan fingerprint density at radius 2 is 1.93 bits per heavy atom. The maximum Gasteiger partial charge on any atom is 0.338 e. The Labute approximate surface area is 177 Å². The summed E-state index contributed by atoms with van der Waals surface area (Å²) >= 11 is 5.44. The van der Waals surface area contributed by atoms with Gasteiger partial charge >= 0.3 is 5.97 Å². The van der Waals surface area contributed by atoms with E-state index in [0.29, 0.717) is 17.3 Å². The molecule has 2 N–H and O–H groups in total. The molecule has 1 heterocycles. The van der Waals surface area contributed by atoms with E-state index in [1.165, 1.54) is 5.69 Å². The van der Waals surface area contributed by atoms with Crippen molar-refractivity contribution in [3.63, 3.8) is 0 Å². The molecule has 1 fully saturated rings. The second-order valence-corrected chi connectivity index (χ2v) is 7.22. The maximum atomic E-state index is 11.9. The predicted octanol–water partition coefficient (Wildman–Crippen LogP) is 3.75. The van der Waals surface area contributed by atoms with Gasteiger partial charge in [0.15, 0.2) is 5.11 Å². The number of thiocarbonyl (C=S) groups is 1. The van der Waals surface area contributed by atoms with Crippen molar-refractivity contribution >= 4 is 34.7 Å². The molecule has 7 heteroatoms. The maximum absolute atomic E-state index is 11.9. The van der Waals surface area contributed by atoms with Crippen molar-refractivity contribution in [2.45, 2.75) is 19.9 Å². The molecular formula is C22H27N3O3S. The van der Waals surface area contributed by atoms with Gasteiger partial charge in [-0.1, -0.05) is 18.2 Å². The lowest BCUT2D eigenvalue weighted by atomic mass is 10.1. The fourth-order valence-electron chi connectivity index (χ4n) is 3.18. The minimum atomic E-state index is -0.344. The number of ether oxygens (including phenoxy) is 2. The third kappa shape index (κ3) is 5.92. The van der Waals surface area contributed by atoms with Crippen molar-refractivity contribution < 1.29 is 14.3 Å². The molecule has 0 aliphatic carbocycles. The van der Waals surface area contributed by atoms with Crippen LogP contribution in [-0.2, 0) is 9.47 Å². The van der Waals surface area contributed by atoms with E-state index in [4.69, 9.17) is 21.7 Å². The normalized spacial score (nSPS) is 14.8. The van der Waals surface area contributed by atoms with Gasteiger partial charge in [-0.25, -0.2) is 4.79 Å². The number of benzene rings is 2. The smallest absolute Gasteiger partial charge is 0.338 e. The molecule has 154 valence electrons. The highest BCUT2D eigenvalue weighted by atomic mass is 32.1. The van der Waals surface area contributed by atoms with E-state index in [0.717, 1.165) is 37.6 Å². The number of anilines is 2. The number of rotatable bonds is 6. The standard InChI is InChI=1S/C22H27N3O3S/c1-3-28-21(26)18-5-4-6-19(15-18)24-22(29)23-16(2)17-7-9-20(10-8-17)25-11-13-27-14-12-25/h4-10,15-16H,3,11-14H2,1-2H3,(H2,23,24,29)/t16-/m1/s1. The highest BCUT2D eigenvalue weighted by Gasteiger charge is 2.13. The van der Waals surface area contributed by atoms with Gasteiger partial charge in [-0.3, -0.25) is 0 Å². The molecule has 0 amide bonds. The molecule has 0 radical (unpaired) electrons. The summed E-state index contributed by atoms with van der Waals surface area (Å²) in [5, 5.41) is 6.92. The lowest BCUT2D eigenvalue weighted by molar-refractivity contribution is 0.0526. The molecule has 29 heavy (non-hydrogen) atoms. The summed E-state index contributed by atoms with van der Waals surface area (Å²) in [6.45, 7) is 7.59. The zero-order valence-electron chi connectivity index (χ0n) is 16.8. The quantitative estimate of drug-likeness (QED) is 0.552. The van der Waals surface area contributed by atoms with E-state index >= 15 is 0 Å². The van der Waals surface area contributed by atoms with Gasteiger partial charge in [0.2, 0.25) is 0 Å². The summed E-state index contributed by atoms with van der Waals surface area (Å²) in [5.74, 6) is -0.344. The molecule has 0 unspecified atom stereocenters. The van der Waals surface area contributed by atoms with Crippen LogP contribution in [0, 0.1) is 0 Å². The molecule has 0 spiro atoms. The molecule has 2 aromatic rings. The van der Waals surface area contributed by atoms with E-state index in [1.807, 2.05) is 6.07 Å². The lowest BCUT2D eigenvalue weighted by Gasteiger charge is -2.29. The largest absolute Gasteiger partial charge is 0.462 e. The summed E-state index contributed by atoms with van der Waals surface area (Å²) in [7, 11) is 0. The SMILES string of the molecule is CCOC(=O)c1cccc(NC(=S)N[C@H](C)c2ccc(N3CCOCC3)cc2)c1. The number of morpholine rings is 1. The number of carbonyl (C=O) groups is 1. The van der Waals surface area contributed by atoms with Crippen molar-refractivity contribution in [2.75, 3.05) is 43.1 Å². The number of esters is 1. The van der Waals surface area contributed by atoms with E-state index in [-0.39, 0.29) is 12.0 Å². The third-order valence-electron chi connectivity index (χ3n) is 4.75. The van der Waals surface area contributed by atoms with Crippen LogP contribution in [0.2, 0.25) is 0 Å². The van der Waals surface area contributed by atoms with Crippen molar-refractivity contribution in [3.05, 3.63) is 59.7 Å². The number of nitrogens with zero attached hydrogens (tertiary/aromatic N) is 1. The summed E-state index contributed by atoms with van der Waals surface area (Å²) in [4.78, 5) is 14.2. The van der Waals surface area contributed by atoms with Crippen molar-refractivity contribution in [1.29, 1.82) is 0 Å². The zero-order chi connectivity index (χ0) is 20.6. The van der Waals surface area contributed by atoms with Crippen LogP contribution in [0.5, 0.6) is 0 Å². The second-order valence-electron chi connectivity index (χ2n) is 6.81. The summed E-state index contributed by atoms with van der Waals surface area (Å²) in [5.41, 5.74) is 3.58. The van der Waals surface area contributed by atoms with Crippen molar-refractivity contribution in [3.8, 4) is 0 Å². The minimum absolute atomic E-state index is 0.0435. The third-order valence-corrected chi connectivity index (χ3v) is 4.97. The monoisotopic (exact) mass is 413 g/mol. The van der Waals surface area contributed by atoms with Crippen molar-refractivity contribution in [1.82, 2.24) is 5.32 Å². The molecule has 3 rings (SSSR count). The molecule has 6 nitrogen and oxygen atoms in total. The Morgan fingerprint density at radius 3 is 2.62 bits per heavy atom. The zero-order valence-corrected chi connectivity index (χ0v) is 17.6. The lowest BCUT2D eigenvalue weighted by Crippen LogP contribution is -2.36. The Kier molecular flexibility index (Phi) is 7.43. The topological polar surface area (TPSA) is 62.8 Å². The molecular weight excluding hydrogens is 386 g/mol. The first-order chi connectivity index (χ1) is 14.1. The van der Waals surface area contributed by atoms with E-state index in [2.05, 4.69) is 46.7 Å². The van der Waals surface area contributed by atoms with Crippen LogP contribution in [0.4, 0.5) is 11.4 Å². The van der Waals surface area contributed by atoms with Gasteiger partial charge in [0.05, 0.1) is 31.4 Å². The first-order valence-electron chi connectivity index (χ1n) is 9.84. The van der Waals surface area contributed by atoms with Crippen LogP contribution in [0.25, 0.3) is 0 Å². The fraction of sp³-hybridized carbons (Fsp3) is 0.364. The van der Waals surface area contributed by atoms with Gasteiger partial charge in [0, 0.05) is 24.5 Å². The van der Waals surface area contributed by atoms with Gasteiger partial charge in [0.25, 0.3) is 0 Å². The van der Waals surface area contributed by atoms with Crippen LogP contribution in [-0.4, -0.2) is 44.0 Å². The summed E-state index contributed by atoms with van der Waals surface area (Å²) in [6, 6.07) is 15.7. The highest BCUT2D eigenvalue weighted by molar-refractivity contribution is 7.80. The van der Waals surface area contributed by atoms with Gasteiger partial charge in [-0.15, -0.1) is 0 Å². The Bertz CT molecular complexity index is 835. The van der Waals surface area contributed by atoms with Crippen LogP contribution >= 0.6 is 12.2 Å². The van der Waals surface area contributed by atoms with Crippen LogP contribution < -0.4 is 15.5 Å². The van der Waals surface area contributed by atoms with E-state index < -0.39 is 0 Å².